The Morgan fingerprint density at radius 1 is 1.25 bits per heavy atom. The van der Waals surface area contributed by atoms with Crippen LogP contribution in [-0.4, -0.2) is 29.2 Å². The Bertz CT molecular complexity index is 282. The Labute approximate surface area is 98.1 Å². The largest absolute Gasteiger partial charge is 0.444 e. The highest BCUT2D eigenvalue weighted by Crippen LogP contribution is 2.41. The second-order valence-corrected chi connectivity index (χ2v) is 6.27. The van der Waals surface area contributed by atoms with E-state index in [4.69, 9.17) is 4.74 Å². The molecule has 1 saturated carbocycles. The van der Waals surface area contributed by atoms with Gasteiger partial charge in [0.25, 0.3) is 0 Å². The number of rotatable bonds is 0. The quantitative estimate of drug-likeness (QED) is 0.634. The number of nitrogens with zero attached hydrogens (tertiary/aromatic N) is 1. The molecule has 2 aliphatic rings. The molecule has 2 fully saturated rings. The molecule has 1 heterocycles. The Balaban J connectivity index is 2.02. The lowest BCUT2D eigenvalue weighted by atomic mass is 10.0. The molecule has 3 atom stereocenters. The zero-order valence-electron chi connectivity index (χ0n) is 10.8. The fourth-order valence-electron chi connectivity index (χ4n) is 3.15. The number of ether oxygens (including phenoxy) is 1. The van der Waals surface area contributed by atoms with E-state index in [1.165, 1.54) is 12.8 Å². The fourth-order valence-corrected chi connectivity index (χ4v) is 3.15. The molecule has 92 valence electrons. The van der Waals surface area contributed by atoms with E-state index in [1.807, 2.05) is 25.7 Å². The first-order valence-corrected chi connectivity index (χ1v) is 6.38. The number of carbonyl (C=O) groups is 1. The summed E-state index contributed by atoms with van der Waals surface area (Å²) in [6, 6.07) is 0.440. The lowest BCUT2D eigenvalue weighted by molar-refractivity contribution is 0.0185. The van der Waals surface area contributed by atoms with E-state index in [-0.39, 0.29) is 11.7 Å². The van der Waals surface area contributed by atoms with Crippen LogP contribution in [0.2, 0.25) is 0 Å². The number of hydrogen-bond acceptors (Lipinski definition) is 2. The maximum absolute atomic E-state index is 12.1. The van der Waals surface area contributed by atoms with E-state index in [1.54, 1.807) is 0 Å². The van der Waals surface area contributed by atoms with Crippen LogP contribution in [-0.2, 0) is 4.74 Å². The summed E-state index contributed by atoms with van der Waals surface area (Å²) in [7, 11) is 0. The topological polar surface area (TPSA) is 29.5 Å². The third-order valence-corrected chi connectivity index (χ3v) is 3.79. The molecule has 0 N–H and O–H groups in total. The van der Waals surface area contributed by atoms with Crippen LogP contribution in [0, 0.1) is 11.8 Å². The van der Waals surface area contributed by atoms with Crippen LogP contribution < -0.4 is 0 Å². The first-order valence-electron chi connectivity index (χ1n) is 6.38. The number of hydrogen-bond donors (Lipinski definition) is 0. The molecule has 0 radical (unpaired) electrons. The first-order chi connectivity index (χ1) is 7.38. The molecular formula is C13H23NO2. The van der Waals surface area contributed by atoms with E-state index < -0.39 is 0 Å². The van der Waals surface area contributed by atoms with Crippen LogP contribution in [0.15, 0.2) is 0 Å². The predicted molar refractivity (Wildman–Crippen MR) is 63.2 cm³/mol. The number of likely N-dealkylation sites (tertiary alicyclic amines) is 1. The molecule has 1 amide bonds. The lowest BCUT2D eigenvalue weighted by Gasteiger charge is -2.30. The molecule has 1 aliphatic heterocycles. The molecular weight excluding hydrogens is 202 g/mol. The van der Waals surface area contributed by atoms with Crippen molar-refractivity contribution in [3.05, 3.63) is 0 Å². The molecule has 3 unspecified atom stereocenters. The Kier molecular flexibility index (Phi) is 2.89. The summed E-state index contributed by atoms with van der Waals surface area (Å²) in [4.78, 5) is 14.0. The summed E-state index contributed by atoms with van der Waals surface area (Å²) >= 11 is 0. The second kappa shape index (κ2) is 3.94. The maximum atomic E-state index is 12.1. The highest BCUT2D eigenvalue weighted by molar-refractivity contribution is 5.69. The van der Waals surface area contributed by atoms with Crippen molar-refractivity contribution in [2.75, 3.05) is 6.54 Å². The highest BCUT2D eigenvalue weighted by Gasteiger charge is 2.45. The summed E-state index contributed by atoms with van der Waals surface area (Å²) in [5.41, 5.74) is -0.378. The van der Waals surface area contributed by atoms with Gasteiger partial charge >= 0.3 is 6.09 Å². The summed E-state index contributed by atoms with van der Waals surface area (Å²) in [5.74, 6) is 1.36. The van der Waals surface area contributed by atoms with Crippen LogP contribution >= 0.6 is 0 Å². The average Bonchev–Trinajstić information content (AvgIpc) is 2.66. The maximum Gasteiger partial charge on any atom is 0.410 e. The van der Waals surface area contributed by atoms with Crippen molar-refractivity contribution in [1.82, 2.24) is 4.90 Å². The van der Waals surface area contributed by atoms with Gasteiger partial charge in [-0.05, 0) is 51.9 Å². The first kappa shape index (κ1) is 11.7. The normalized spacial score (nSPS) is 34.0. The van der Waals surface area contributed by atoms with E-state index in [0.717, 1.165) is 18.9 Å². The number of fused-ring (bicyclic) bond motifs is 1. The van der Waals surface area contributed by atoms with Gasteiger partial charge in [-0.3, -0.25) is 0 Å². The van der Waals surface area contributed by atoms with Crippen molar-refractivity contribution >= 4 is 6.09 Å². The predicted octanol–water partition coefficient (Wildman–Crippen LogP) is 3.04. The van der Waals surface area contributed by atoms with Gasteiger partial charge < -0.3 is 9.64 Å². The van der Waals surface area contributed by atoms with Gasteiger partial charge in [-0.15, -0.1) is 0 Å². The summed E-state index contributed by atoms with van der Waals surface area (Å²) in [6.45, 7) is 8.92. The fraction of sp³-hybridized carbons (Fsp3) is 0.923. The summed E-state index contributed by atoms with van der Waals surface area (Å²) in [6.07, 6.45) is 3.59. The minimum Gasteiger partial charge on any atom is -0.444 e. The molecule has 0 aromatic rings. The Hall–Kier alpha value is -0.730. The van der Waals surface area contributed by atoms with Gasteiger partial charge in [0.2, 0.25) is 0 Å². The highest BCUT2D eigenvalue weighted by atomic mass is 16.6. The standard InChI is InChI=1S/C13H23NO2/c1-9-5-6-10-7-8-14(11(9)10)12(15)16-13(2,3)4/h9-11H,5-8H2,1-4H3. The van der Waals surface area contributed by atoms with Gasteiger partial charge in [-0.1, -0.05) is 6.92 Å². The molecule has 1 aliphatic carbocycles. The van der Waals surface area contributed by atoms with Gasteiger partial charge in [-0.25, -0.2) is 4.79 Å². The van der Waals surface area contributed by atoms with Crippen molar-refractivity contribution in [3.8, 4) is 0 Å². The van der Waals surface area contributed by atoms with Crippen molar-refractivity contribution < 1.29 is 9.53 Å². The van der Waals surface area contributed by atoms with Gasteiger partial charge in [0, 0.05) is 12.6 Å². The smallest absolute Gasteiger partial charge is 0.410 e. The van der Waals surface area contributed by atoms with E-state index in [9.17, 15) is 4.79 Å². The Morgan fingerprint density at radius 3 is 2.56 bits per heavy atom. The second-order valence-electron chi connectivity index (χ2n) is 6.27. The van der Waals surface area contributed by atoms with Crippen molar-refractivity contribution in [2.24, 2.45) is 11.8 Å². The molecule has 16 heavy (non-hydrogen) atoms. The third kappa shape index (κ3) is 2.18. The van der Waals surface area contributed by atoms with E-state index in [0.29, 0.717) is 12.0 Å². The molecule has 3 heteroatoms. The van der Waals surface area contributed by atoms with Crippen molar-refractivity contribution in [2.45, 2.75) is 58.6 Å². The van der Waals surface area contributed by atoms with Crippen LogP contribution in [0.5, 0.6) is 0 Å². The van der Waals surface area contributed by atoms with Crippen LogP contribution in [0.3, 0.4) is 0 Å². The SMILES string of the molecule is CC1CCC2CCN(C(=O)OC(C)(C)C)C12. The minimum absolute atomic E-state index is 0.117. The number of carbonyl (C=O) groups excluding carboxylic acids is 1. The van der Waals surface area contributed by atoms with Gasteiger partial charge in [0.05, 0.1) is 0 Å². The van der Waals surface area contributed by atoms with Gasteiger partial charge in [0.1, 0.15) is 5.60 Å². The molecule has 3 nitrogen and oxygen atoms in total. The van der Waals surface area contributed by atoms with Crippen molar-refractivity contribution in [3.63, 3.8) is 0 Å². The molecule has 0 aromatic carbocycles. The third-order valence-electron chi connectivity index (χ3n) is 3.79. The van der Waals surface area contributed by atoms with Crippen molar-refractivity contribution in [1.29, 1.82) is 0 Å². The van der Waals surface area contributed by atoms with E-state index in [2.05, 4.69) is 6.92 Å². The zero-order valence-corrected chi connectivity index (χ0v) is 10.8. The molecule has 0 aromatic heterocycles. The van der Waals surface area contributed by atoms with Crippen LogP contribution in [0.1, 0.15) is 47.0 Å². The zero-order chi connectivity index (χ0) is 11.9. The molecule has 0 bridgehead atoms. The summed E-state index contributed by atoms with van der Waals surface area (Å²) < 4.78 is 5.47. The lowest BCUT2D eigenvalue weighted by Crippen LogP contribution is -2.42. The van der Waals surface area contributed by atoms with Gasteiger partial charge in [0.15, 0.2) is 0 Å². The number of amides is 1. The molecule has 0 spiro atoms. The molecule has 2 rings (SSSR count). The average molecular weight is 225 g/mol. The molecule has 1 saturated heterocycles. The van der Waals surface area contributed by atoms with E-state index >= 15 is 0 Å². The van der Waals surface area contributed by atoms with Crippen LogP contribution in [0.4, 0.5) is 4.79 Å². The summed E-state index contributed by atoms with van der Waals surface area (Å²) in [5, 5.41) is 0. The van der Waals surface area contributed by atoms with Crippen LogP contribution in [0.25, 0.3) is 0 Å². The van der Waals surface area contributed by atoms with Gasteiger partial charge in [-0.2, -0.15) is 0 Å². The monoisotopic (exact) mass is 225 g/mol. The minimum atomic E-state index is -0.378. The Morgan fingerprint density at radius 2 is 1.94 bits per heavy atom.